The minimum absolute atomic E-state index is 0.255. The van der Waals surface area contributed by atoms with E-state index in [4.69, 9.17) is 13.9 Å². The molecule has 0 radical (unpaired) electrons. The Labute approximate surface area is 133 Å². The summed E-state index contributed by atoms with van der Waals surface area (Å²) in [4.78, 5) is 23.1. The molecule has 1 amide bonds. The van der Waals surface area contributed by atoms with E-state index in [-0.39, 0.29) is 13.2 Å². The highest BCUT2D eigenvalue weighted by Gasteiger charge is 2.05. The Kier molecular flexibility index (Phi) is 5.99. The number of benzene rings is 1. The molecule has 0 aliphatic carbocycles. The van der Waals surface area contributed by atoms with E-state index in [0.717, 1.165) is 11.3 Å². The lowest BCUT2D eigenvalue weighted by Gasteiger charge is -2.03. The Morgan fingerprint density at radius 1 is 1.22 bits per heavy atom. The molecule has 0 atom stereocenters. The lowest BCUT2D eigenvalue weighted by molar-refractivity contribution is -0.143. The second kappa shape index (κ2) is 8.43. The number of amides is 1. The van der Waals surface area contributed by atoms with Gasteiger partial charge in [0.15, 0.2) is 6.61 Å². The van der Waals surface area contributed by atoms with Crippen LogP contribution in [0.15, 0.2) is 53.2 Å². The molecule has 2 rings (SSSR count). The number of hydrogen-bond donors (Lipinski definition) is 1. The van der Waals surface area contributed by atoms with E-state index in [2.05, 4.69) is 5.32 Å². The van der Waals surface area contributed by atoms with E-state index in [1.807, 2.05) is 0 Å². The first kappa shape index (κ1) is 16.4. The maximum absolute atomic E-state index is 11.5. The van der Waals surface area contributed by atoms with Gasteiger partial charge in [-0.05, 0) is 35.9 Å². The average molecular weight is 315 g/mol. The first-order valence-electron chi connectivity index (χ1n) is 6.95. The van der Waals surface area contributed by atoms with E-state index in [1.165, 1.54) is 12.3 Å². The Hall–Kier alpha value is -3.02. The second-order valence-corrected chi connectivity index (χ2v) is 4.57. The molecule has 6 heteroatoms. The van der Waals surface area contributed by atoms with Gasteiger partial charge in [0.2, 0.25) is 0 Å². The largest absolute Gasteiger partial charge is 0.497 e. The van der Waals surface area contributed by atoms with Gasteiger partial charge in [-0.1, -0.05) is 12.1 Å². The van der Waals surface area contributed by atoms with Crippen LogP contribution in [0.1, 0.15) is 11.3 Å². The topological polar surface area (TPSA) is 77.8 Å². The predicted octanol–water partition coefficient (Wildman–Crippen LogP) is 2.16. The highest BCUT2D eigenvalue weighted by Crippen LogP contribution is 2.12. The minimum Gasteiger partial charge on any atom is -0.497 e. The second-order valence-electron chi connectivity index (χ2n) is 4.57. The summed E-state index contributed by atoms with van der Waals surface area (Å²) in [5, 5.41) is 2.58. The normalized spacial score (nSPS) is 10.5. The van der Waals surface area contributed by atoms with E-state index in [0.29, 0.717) is 5.76 Å². The Morgan fingerprint density at radius 3 is 2.65 bits per heavy atom. The van der Waals surface area contributed by atoms with E-state index >= 15 is 0 Å². The monoisotopic (exact) mass is 315 g/mol. The van der Waals surface area contributed by atoms with Crippen molar-refractivity contribution in [3.05, 3.63) is 60.1 Å². The third-order valence-electron chi connectivity index (χ3n) is 2.91. The van der Waals surface area contributed by atoms with Crippen LogP contribution in [-0.4, -0.2) is 25.6 Å². The maximum Gasteiger partial charge on any atom is 0.331 e. The number of furan rings is 1. The van der Waals surface area contributed by atoms with Crippen molar-refractivity contribution >= 4 is 18.0 Å². The summed E-state index contributed by atoms with van der Waals surface area (Å²) in [6.07, 6.45) is 4.38. The molecule has 23 heavy (non-hydrogen) atoms. The number of carbonyl (C=O) groups excluding carboxylic acids is 2. The highest BCUT2D eigenvalue weighted by atomic mass is 16.5. The summed E-state index contributed by atoms with van der Waals surface area (Å²) >= 11 is 0. The van der Waals surface area contributed by atoms with Gasteiger partial charge in [-0.3, -0.25) is 4.79 Å². The summed E-state index contributed by atoms with van der Waals surface area (Å²) in [6.45, 7) is -0.0857. The molecule has 1 aromatic carbocycles. The quantitative estimate of drug-likeness (QED) is 0.626. The summed E-state index contributed by atoms with van der Waals surface area (Å²) in [7, 11) is 1.58. The minimum atomic E-state index is -0.589. The molecular formula is C17H17NO5. The molecule has 1 aromatic heterocycles. The fourth-order valence-corrected chi connectivity index (χ4v) is 1.71. The van der Waals surface area contributed by atoms with Crippen LogP contribution in [0, 0.1) is 0 Å². The van der Waals surface area contributed by atoms with Crippen LogP contribution in [-0.2, 0) is 20.9 Å². The molecule has 0 saturated carbocycles. The van der Waals surface area contributed by atoms with Crippen molar-refractivity contribution in [2.24, 2.45) is 0 Å². The van der Waals surface area contributed by atoms with Gasteiger partial charge in [0.25, 0.3) is 5.91 Å². The number of nitrogens with one attached hydrogen (secondary N) is 1. The van der Waals surface area contributed by atoms with Crippen molar-refractivity contribution in [3.63, 3.8) is 0 Å². The lowest BCUT2D eigenvalue weighted by Crippen LogP contribution is -2.27. The fraction of sp³-hybridized carbons (Fsp3) is 0.176. The van der Waals surface area contributed by atoms with Crippen LogP contribution in [0.25, 0.3) is 6.08 Å². The third kappa shape index (κ3) is 5.70. The Balaban J connectivity index is 1.71. The van der Waals surface area contributed by atoms with Crippen molar-refractivity contribution in [2.45, 2.75) is 6.54 Å². The van der Waals surface area contributed by atoms with Crippen molar-refractivity contribution in [2.75, 3.05) is 13.7 Å². The molecule has 0 aliphatic heterocycles. The first-order valence-corrected chi connectivity index (χ1v) is 6.95. The number of carbonyl (C=O) groups is 2. The third-order valence-corrected chi connectivity index (χ3v) is 2.91. The van der Waals surface area contributed by atoms with Gasteiger partial charge in [0.1, 0.15) is 11.5 Å². The molecule has 0 spiro atoms. The number of esters is 1. The molecule has 0 bridgehead atoms. The Morgan fingerprint density at radius 2 is 2.00 bits per heavy atom. The van der Waals surface area contributed by atoms with Gasteiger partial charge in [-0.25, -0.2) is 4.79 Å². The molecule has 0 saturated heterocycles. The summed E-state index contributed by atoms with van der Waals surface area (Å²) in [5.41, 5.74) is 0.824. The molecule has 0 unspecified atom stereocenters. The smallest absolute Gasteiger partial charge is 0.331 e. The standard InChI is InChI=1S/C17H17NO5/c1-21-14-7-4-13(5-8-14)6-9-17(20)23-12-16(19)18-11-15-3-2-10-22-15/h2-10H,11-12H2,1H3,(H,18,19)/b9-6+. The summed E-state index contributed by atoms with van der Waals surface area (Å²) in [6, 6.07) is 10.6. The predicted molar refractivity (Wildman–Crippen MR) is 83.5 cm³/mol. The first-order chi connectivity index (χ1) is 11.2. The molecule has 2 aromatic rings. The van der Waals surface area contributed by atoms with Crippen LogP contribution in [0.4, 0.5) is 0 Å². The molecule has 0 aliphatic rings. The molecule has 120 valence electrons. The fourth-order valence-electron chi connectivity index (χ4n) is 1.71. The van der Waals surface area contributed by atoms with Crippen molar-refractivity contribution in [3.8, 4) is 5.75 Å². The number of ether oxygens (including phenoxy) is 2. The highest BCUT2D eigenvalue weighted by molar-refractivity contribution is 5.89. The van der Waals surface area contributed by atoms with Gasteiger partial charge >= 0.3 is 5.97 Å². The van der Waals surface area contributed by atoms with Crippen molar-refractivity contribution < 1.29 is 23.5 Å². The van der Waals surface area contributed by atoms with E-state index in [9.17, 15) is 9.59 Å². The number of methoxy groups -OCH3 is 1. The van der Waals surface area contributed by atoms with Crippen LogP contribution in [0.5, 0.6) is 5.75 Å². The molecule has 1 heterocycles. The van der Waals surface area contributed by atoms with Crippen molar-refractivity contribution in [1.82, 2.24) is 5.32 Å². The van der Waals surface area contributed by atoms with E-state index in [1.54, 1.807) is 49.6 Å². The van der Waals surface area contributed by atoms with Crippen LogP contribution in [0.2, 0.25) is 0 Å². The summed E-state index contributed by atoms with van der Waals surface area (Å²) < 4.78 is 15.0. The van der Waals surface area contributed by atoms with Crippen LogP contribution in [0.3, 0.4) is 0 Å². The Bertz CT molecular complexity index is 659. The van der Waals surface area contributed by atoms with Crippen LogP contribution >= 0.6 is 0 Å². The number of rotatable bonds is 7. The molecule has 1 N–H and O–H groups in total. The summed E-state index contributed by atoms with van der Waals surface area (Å²) in [5.74, 6) is 0.378. The van der Waals surface area contributed by atoms with Gasteiger partial charge in [0, 0.05) is 6.08 Å². The maximum atomic E-state index is 11.5. The SMILES string of the molecule is COc1ccc(/C=C/C(=O)OCC(=O)NCc2ccco2)cc1. The average Bonchev–Trinajstić information content (AvgIpc) is 3.10. The number of hydrogen-bond acceptors (Lipinski definition) is 5. The van der Waals surface area contributed by atoms with E-state index < -0.39 is 11.9 Å². The zero-order valence-corrected chi connectivity index (χ0v) is 12.7. The zero-order valence-electron chi connectivity index (χ0n) is 12.7. The molecule has 0 fully saturated rings. The molecule has 6 nitrogen and oxygen atoms in total. The van der Waals surface area contributed by atoms with Gasteiger partial charge in [-0.15, -0.1) is 0 Å². The van der Waals surface area contributed by atoms with Gasteiger partial charge < -0.3 is 19.2 Å². The van der Waals surface area contributed by atoms with Crippen LogP contribution < -0.4 is 10.1 Å². The van der Waals surface area contributed by atoms with Gasteiger partial charge in [-0.2, -0.15) is 0 Å². The lowest BCUT2D eigenvalue weighted by atomic mass is 10.2. The van der Waals surface area contributed by atoms with Gasteiger partial charge in [0.05, 0.1) is 19.9 Å². The zero-order chi connectivity index (χ0) is 16.5. The molecular weight excluding hydrogens is 298 g/mol. The van der Waals surface area contributed by atoms with Crippen molar-refractivity contribution in [1.29, 1.82) is 0 Å².